The van der Waals surface area contributed by atoms with Gasteiger partial charge in [0.15, 0.2) is 11.6 Å². The zero-order valence-electron chi connectivity index (χ0n) is 11.7. The molecule has 3 rings (SSSR count). The molecule has 0 spiro atoms. The van der Waals surface area contributed by atoms with Crippen LogP contribution in [0.2, 0.25) is 0 Å². The molecule has 4 nitrogen and oxygen atoms in total. The summed E-state index contributed by atoms with van der Waals surface area (Å²) in [5.41, 5.74) is 2.17. The zero-order valence-corrected chi connectivity index (χ0v) is 11.7. The van der Waals surface area contributed by atoms with Gasteiger partial charge in [-0.3, -0.25) is 14.6 Å². The Morgan fingerprint density at radius 2 is 1.86 bits per heavy atom. The van der Waals surface area contributed by atoms with Crippen LogP contribution in [-0.4, -0.2) is 21.7 Å². The molecule has 0 atom stereocenters. The highest BCUT2D eigenvalue weighted by atomic mass is 16.3. The predicted molar refractivity (Wildman–Crippen MR) is 79.9 cm³/mol. The van der Waals surface area contributed by atoms with E-state index >= 15 is 0 Å². The summed E-state index contributed by atoms with van der Waals surface area (Å²) in [6.45, 7) is 1.93. The molecule has 1 aromatic heterocycles. The number of carbonyl (C=O) groups excluding carboxylic acids is 2. The number of allylic oxidation sites excluding steroid dienone is 1. The number of aliphatic hydroxyl groups is 1. The molecule has 2 aromatic rings. The quantitative estimate of drug-likeness (QED) is 0.495. The molecule has 1 saturated carbocycles. The van der Waals surface area contributed by atoms with Crippen LogP contribution in [0.4, 0.5) is 0 Å². The second-order valence-corrected chi connectivity index (χ2v) is 5.25. The fourth-order valence-electron chi connectivity index (χ4n) is 2.73. The van der Waals surface area contributed by atoms with E-state index in [1.54, 1.807) is 18.3 Å². The fourth-order valence-corrected chi connectivity index (χ4v) is 2.73. The minimum Gasteiger partial charge on any atom is -0.506 e. The largest absolute Gasteiger partial charge is 0.506 e. The van der Waals surface area contributed by atoms with Crippen molar-refractivity contribution in [2.75, 3.05) is 0 Å². The smallest absolute Gasteiger partial charge is 0.170 e. The third-order valence-electron chi connectivity index (χ3n) is 3.83. The Labute approximate surface area is 122 Å². The van der Waals surface area contributed by atoms with E-state index in [0.29, 0.717) is 24.8 Å². The summed E-state index contributed by atoms with van der Waals surface area (Å²) in [4.78, 5) is 28.2. The highest BCUT2D eigenvalue weighted by molar-refractivity contribution is 6.26. The van der Waals surface area contributed by atoms with Crippen LogP contribution in [0, 0.1) is 6.92 Å². The van der Waals surface area contributed by atoms with Crippen molar-refractivity contribution in [1.82, 2.24) is 4.98 Å². The molecule has 0 unspecified atom stereocenters. The summed E-state index contributed by atoms with van der Waals surface area (Å²) in [5.74, 6) is -0.773. The van der Waals surface area contributed by atoms with Crippen molar-refractivity contribution < 1.29 is 14.7 Å². The average molecular weight is 281 g/mol. The van der Waals surface area contributed by atoms with E-state index in [-0.39, 0.29) is 22.9 Å². The Morgan fingerprint density at radius 1 is 1.14 bits per heavy atom. The number of aliphatic hydroxyl groups excluding tert-OH is 1. The Bertz CT molecular complexity index is 772. The van der Waals surface area contributed by atoms with Crippen LogP contribution in [0.15, 0.2) is 36.0 Å². The Hall–Kier alpha value is -2.49. The van der Waals surface area contributed by atoms with Crippen LogP contribution in [0.5, 0.6) is 0 Å². The monoisotopic (exact) mass is 281 g/mol. The lowest BCUT2D eigenvalue weighted by Gasteiger charge is -2.15. The van der Waals surface area contributed by atoms with Crippen molar-refractivity contribution >= 4 is 28.2 Å². The summed E-state index contributed by atoms with van der Waals surface area (Å²) in [6.07, 6.45) is 2.87. The number of nitrogens with zero attached hydrogens (tertiary/aromatic N) is 1. The molecule has 1 heterocycles. The maximum atomic E-state index is 12.0. The van der Waals surface area contributed by atoms with Gasteiger partial charge in [-0.25, -0.2) is 0 Å². The number of pyridine rings is 1. The van der Waals surface area contributed by atoms with E-state index < -0.39 is 0 Å². The van der Waals surface area contributed by atoms with Crippen molar-refractivity contribution in [3.05, 3.63) is 47.2 Å². The van der Waals surface area contributed by atoms with Crippen LogP contribution in [0.3, 0.4) is 0 Å². The Balaban J connectivity index is 2.27. The van der Waals surface area contributed by atoms with Crippen LogP contribution in [0.1, 0.15) is 30.4 Å². The first-order valence-corrected chi connectivity index (χ1v) is 6.94. The maximum Gasteiger partial charge on any atom is 0.170 e. The normalized spacial score (nSPS) is 15.6. The number of carbonyl (C=O) groups is 2. The highest BCUT2D eigenvalue weighted by Crippen LogP contribution is 2.29. The van der Waals surface area contributed by atoms with Crippen LogP contribution >= 0.6 is 0 Å². The summed E-state index contributed by atoms with van der Waals surface area (Å²) in [5, 5.41) is 11.2. The summed E-state index contributed by atoms with van der Waals surface area (Å²) in [6, 6.07) is 7.17. The lowest BCUT2D eigenvalue weighted by atomic mass is 9.89. The molecule has 106 valence electrons. The van der Waals surface area contributed by atoms with Crippen LogP contribution in [0.25, 0.3) is 16.7 Å². The molecule has 1 aliphatic rings. The van der Waals surface area contributed by atoms with E-state index in [1.165, 1.54) is 0 Å². The number of hydrogen-bond donors (Lipinski definition) is 1. The van der Waals surface area contributed by atoms with Gasteiger partial charge in [0.05, 0.1) is 5.52 Å². The average Bonchev–Trinajstić information content (AvgIpc) is 2.47. The highest BCUT2D eigenvalue weighted by Gasteiger charge is 2.28. The van der Waals surface area contributed by atoms with Gasteiger partial charge in [-0.2, -0.15) is 0 Å². The van der Waals surface area contributed by atoms with Crippen molar-refractivity contribution in [2.45, 2.75) is 26.2 Å². The SMILES string of the molecule is Cc1ccc(C(O)=C2C(=O)CCCC2=O)c2cccnc12. The van der Waals surface area contributed by atoms with E-state index in [2.05, 4.69) is 4.98 Å². The number of ketones is 2. The summed E-state index contributed by atoms with van der Waals surface area (Å²) >= 11 is 0. The third-order valence-corrected chi connectivity index (χ3v) is 3.83. The molecule has 0 amide bonds. The van der Waals surface area contributed by atoms with E-state index in [1.807, 2.05) is 19.1 Å². The lowest BCUT2D eigenvalue weighted by molar-refractivity contribution is -0.123. The molecule has 1 aromatic carbocycles. The van der Waals surface area contributed by atoms with E-state index in [4.69, 9.17) is 0 Å². The Morgan fingerprint density at radius 3 is 2.57 bits per heavy atom. The first-order chi connectivity index (χ1) is 10.1. The minimum absolute atomic E-state index is 0.0599. The molecule has 4 heteroatoms. The first-order valence-electron chi connectivity index (χ1n) is 6.94. The molecule has 0 radical (unpaired) electrons. The van der Waals surface area contributed by atoms with Crippen molar-refractivity contribution in [3.8, 4) is 0 Å². The molecule has 0 bridgehead atoms. The number of hydrogen-bond acceptors (Lipinski definition) is 4. The second kappa shape index (κ2) is 5.13. The van der Waals surface area contributed by atoms with Gasteiger partial charge in [0.2, 0.25) is 0 Å². The van der Waals surface area contributed by atoms with Gasteiger partial charge < -0.3 is 5.11 Å². The van der Waals surface area contributed by atoms with Gasteiger partial charge >= 0.3 is 0 Å². The molecule has 0 saturated heterocycles. The van der Waals surface area contributed by atoms with Gasteiger partial charge in [0, 0.05) is 30.0 Å². The van der Waals surface area contributed by atoms with Crippen molar-refractivity contribution in [3.63, 3.8) is 0 Å². The number of aromatic nitrogens is 1. The number of benzene rings is 1. The number of aryl methyl sites for hydroxylation is 1. The Kier molecular flexibility index (Phi) is 3.29. The third kappa shape index (κ3) is 2.23. The van der Waals surface area contributed by atoms with E-state index in [9.17, 15) is 14.7 Å². The topological polar surface area (TPSA) is 67.3 Å². The predicted octanol–water partition coefficient (Wildman–Crippen LogP) is 3.13. The van der Waals surface area contributed by atoms with E-state index in [0.717, 1.165) is 16.5 Å². The molecule has 0 aliphatic heterocycles. The van der Waals surface area contributed by atoms with Crippen molar-refractivity contribution in [2.24, 2.45) is 0 Å². The van der Waals surface area contributed by atoms with Gasteiger partial charge in [0.25, 0.3) is 0 Å². The molecular weight excluding hydrogens is 266 g/mol. The minimum atomic E-state index is -0.277. The number of Topliss-reactive ketones (excluding diaryl/α,β-unsaturated/α-hetero) is 2. The summed E-state index contributed by atoms with van der Waals surface area (Å²) in [7, 11) is 0. The van der Waals surface area contributed by atoms with Gasteiger partial charge in [-0.1, -0.05) is 18.2 Å². The molecule has 1 fully saturated rings. The molecular formula is C17H15NO3. The number of rotatable bonds is 1. The molecule has 1 N–H and O–H groups in total. The van der Waals surface area contributed by atoms with Crippen LogP contribution in [-0.2, 0) is 9.59 Å². The molecule has 1 aliphatic carbocycles. The van der Waals surface area contributed by atoms with Gasteiger partial charge in [0.1, 0.15) is 11.3 Å². The number of fused-ring (bicyclic) bond motifs is 1. The van der Waals surface area contributed by atoms with Gasteiger partial charge in [-0.15, -0.1) is 0 Å². The van der Waals surface area contributed by atoms with Crippen LogP contribution < -0.4 is 0 Å². The first kappa shape index (κ1) is 13.5. The second-order valence-electron chi connectivity index (χ2n) is 5.25. The standard InChI is InChI=1S/C17H15NO3/c1-10-7-8-12(11-4-3-9-18-16(10)11)17(21)15-13(19)5-2-6-14(15)20/h3-4,7-9,21H,2,5-6H2,1H3. The van der Waals surface area contributed by atoms with Crippen molar-refractivity contribution in [1.29, 1.82) is 0 Å². The lowest BCUT2D eigenvalue weighted by Crippen LogP contribution is -2.20. The fraction of sp³-hybridized carbons (Fsp3) is 0.235. The summed E-state index contributed by atoms with van der Waals surface area (Å²) < 4.78 is 0. The maximum absolute atomic E-state index is 12.0. The zero-order chi connectivity index (χ0) is 15.0. The molecule has 21 heavy (non-hydrogen) atoms. The van der Waals surface area contributed by atoms with Gasteiger partial charge in [-0.05, 0) is 25.0 Å².